The first-order chi connectivity index (χ1) is 17.8. The van der Waals surface area contributed by atoms with Crippen molar-refractivity contribution in [2.45, 2.75) is 78.2 Å². The Labute approximate surface area is 219 Å². The van der Waals surface area contributed by atoms with Gasteiger partial charge in [-0.05, 0) is 31.6 Å². The SMILES string of the molecule is [2H]C(=O)CNC(=O)[C@H](CCCNC(N)=O)CC(=O)[C@@H](NC(=O)CCCCCN1C(=O)CC(C)C1=O)C(C)C. The van der Waals surface area contributed by atoms with Crippen LogP contribution in [0.5, 0.6) is 0 Å². The van der Waals surface area contributed by atoms with Gasteiger partial charge in [0.25, 0.3) is 0 Å². The fourth-order valence-corrected chi connectivity index (χ4v) is 4.20. The van der Waals surface area contributed by atoms with Gasteiger partial charge >= 0.3 is 6.03 Å². The number of nitrogens with zero attached hydrogens (tertiary/aromatic N) is 1. The number of Topliss-reactive ketones (excluding diaryl/α,β-unsaturated/α-hetero) is 1. The molecular weight excluding hydrogens is 482 g/mol. The quantitative estimate of drug-likeness (QED) is 0.114. The zero-order valence-corrected chi connectivity index (χ0v) is 22.0. The van der Waals surface area contributed by atoms with Gasteiger partial charge in [-0.15, -0.1) is 0 Å². The van der Waals surface area contributed by atoms with E-state index in [2.05, 4.69) is 16.0 Å². The number of hydrogen-bond acceptors (Lipinski definition) is 7. The van der Waals surface area contributed by atoms with Crippen molar-refractivity contribution in [3.8, 4) is 0 Å². The molecule has 37 heavy (non-hydrogen) atoms. The number of aldehydes is 1. The molecule has 0 aromatic heterocycles. The van der Waals surface area contributed by atoms with Crippen LogP contribution in [0.2, 0.25) is 0 Å². The van der Waals surface area contributed by atoms with Gasteiger partial charge < -0.3 is 26.5 Å². The van der Waals surface area contributed by atoms with Crippen LogP contribution in [0.1, 0.15) is 73.5 Å². The number of hydrogen-bond donors (Lipinski definition) is 4. The molecule has 12 nitrogen and oxygen atoms in total. The average Bonchev–Trinajstić information content (AvgIpc) is 3.07. The van der Waals surface area contributed by atoms with Crippen molar-refractivity contribution in [2.24, 2.45) is 23.5 Å². The Bertz CT molecular complexity index is 895. The number of imide groups is 1. The first kappa shape index (κ1) is 29.9. The van der Waals surface area contributed by atoms with Gasteiger partial charge in [0, 0.05) is 44.2 Å². The molecule has 1 fully saturated rings. The molecule has 0 aromatic carbocycles. The number of ketones is 1. The maximum Gasteiger partial charge on any atom is 0.312 e. The lowest BCUT2D eigenvalue weighted by Gasteiger charge is -2.24. The summed E-state index contributed by atoms with van der Waals surface area (Å²) in [5.74, 6) is -2.87. The lowest BCUT2D eigenvalue weighted by atomic mass is 9.89. The van der Waals surface area contributed by atoms with Gasteiger partial charge in [-0.1, -0.05) is 27.2 Å². The molecule has 6 amide bonds. The zero-order chi connectivity index (χ0) is 28.8. The molecule has 0 aromatic rings. The van der Waals surface area contributed by atoms with E-state index in [1.165, 1.54) is 4.90 Å². The van der Waals surface area contributed by atoms with E-state index in [0.717, 1.165) is 0 Å². The number of nitrogens with two attached hydrogens (primary N) is 1. The summed E-state index contributed by atoms with van der Waals surface area (Å²) in [7, 11) is 0. The largest absolute Gasteiger partial charge is 0.352 e. The molecule has 0 aliphatic carbocycles. The number of carbonyl (C=O) groups is 7. The summed E-state index contributed by atoms with van der Waals surface area (Å²) in [5, 5.41) is 7.50. The van der Waals surface area contributed by atoms with E-state index >= 15 is 0 Å². The van der Waals surface area contributed by atoms with Crippen molar-refractivity contribution in [1.82, 2.24) is 20.9 Å². The Hall–Kier alpha value is -3.31. The number of unbranched alkanes of at least 4 members (excludes halogenated alkanes) is 2. The van der Waals surface area contributed by atoms with E-state index in [1.54, 1.807) is 20.8 Å². The van der Waals surface area contributed by atoms with Crippen LogP contribution >= 0.6 is 0 Å². The number of likely N-dealkylation sites (tertiary alicyclic amines) is 1. The van der Waals surface area contributed by atoms with Gasteiger partial charge in [0.05, 0.1) is 12.6 Å². The number of carbonyl (C=O) groups excluding carboxylic acids is 7. The van der Waals surface area contributed by atoms with Gasteiger partial charge in [-0.3, -0.25) is 28.9 Å². The predicted octanol–water partition coefficient (Wildman–Crippen LogP) is 0.422. The Kier molecular flexibility index (Phi) is 13.3. The van der Waals surface area contributed by atoms with Crippen LogP contribution in [0.25, 0.3) is 0 Å². The monoisotopic (exact) mass is 524 g/mol. The summed E-state index contributed by atoms with van der Waals surface area (Å²) in [6.45, 7) is 5.34. The van der Waals surface area contributed by atoms with Crippen molar-refractivity contribution in [3.05, 3.63) is 0 Å². The maximum absolute atomic E-state index is 13.1. The van der Waals surface area contributed by atoms with E-state index < -0.39 is 36.7 Å². The lowest BCUT2D eigenvalue weighted by molar-refractivity contribution is -0.139. The maximum atomic E-state index is 13.1. The second-order valence-electron chi connectivity index (χ2n) is 9.75. The minimum Gasteiger partial charge on any atom is -0.352 e. The van der Waals surface area contributed by atoms with Crippen LogP contribution in [-0.2, 0) is 28.8 Å². The minimum atomic E-state index is -0.973. The summed E-state index contributed by atoms with van der Waals surface area (Å²) in [4.78, 5) is 85.0. The van der Waals surface area contributed by atoms with Gasteiger partial charge in [0.15, 0.2) is 5.78 Å². The van der Waals surface area contributed by atoms with Crippen LogP contribution in [0.15, 0.2) is 0 Å². The molecule has 5 N–H and O–H groups in total. The molecule has 208 valence electrons. The van der Waals surface area contributed by atoms with Crippen molar-refractivity contribution in [2.75, 3.05) is 19.6 Å². The molecule has 0 radical (unpaired) electrons. The van der Waals surface area contributed by atoms with Gasteiger partial charge in [-0.2, -0.15) is 0 Å². The average molecular weight is 525 g/mol. The van der Waals surface area contributed by atoms with Crippen LogP contribution in [0.4, 0.5) is 4.79 Å². The summed E-state index contributed by atoms with van der Waals surface area (Å²) in [5.41, 5.74) is 5.04. The van der Waals surface area contributed by atoms with Crippen LogP contribution < -0.4 is 21.7 Å². The van der Waals surface area contributed by atoms with Gasteiger partial charge in [-0.25, -0.2) is 4.79 Å². The van der Waals surface area contributed by atoms with Crippen molar-refractivity contribution >= 4 is 41.7 Å². The minimum absolute atomic E-state index is 0.159. The highest BCUT2D eigenvalue weighted by Gasteiger charge is 2.34. The Morgan fingerprint density at radius 2 is 1.84 bits per heavy atom. The third kappa shape index (κ3) is 11.5. The molecule has 1 saturated heterocycles. The molecule has 0 bridgehead atoms. The molecule has 12 heteroatoms. The fraction of sp³-hybridized carbons (Fsp3) is 0.720. The molecule has 1 aliphatic rings. The first-order valence-corrected chi connectivity index (χ1v) is 12.8. The van der Waals surface area contributed by atoms with Gasteiger partial charge in [0.2, 0.25) is 23.6 Å². The molecular formula is C25H41N5O7. The Morgan fingerprint density at radius 3 is 2.41 bits per heavy atom. The molecule has 3 atom stereocenters. The molecule has 1 aliphatic heterocycles. The van der Waals surface area contributed by atoms with E-state index in [4.69, 9.17) is 7.10 Å². The van der Waals surface area contributed by atoms with E-state index in [-0.39, 0.29) is 67.6 Å². The molecule has 0 spiro atoms. The fourth-order valence-electron chi connectivity index (χ4n) is 4.20. The lowest BCUT2D eigenvalue weighted by Crippen LogP contribution is -2.46. The van der Waals surface area contributed by atoms with Crippen molar-refractivity contribution < 1.29 is 34.9 Å². The summed E-state index contributed by atoms with van der Waals surface area (Å²) in [6, 6.07) is -1.53. The summed E-state index contributed by atoms with van der Waals surface area (Å²) >= 11 is 0. The van der Waals surface area contributed by atoms with Crippen LogP contribution in [0.3, 0.4) is 0 Å². The number of primary amides is 1. The number of rotatable bonds is 18. The first-order valence-electron chi connectivity index (χ1n) is 13.3. The van der Waals surface area contributed by atoms with Crippen LogP contribution in [0, 0.1) is 17.8 Å². The molecule has 0 saturated carbocycles. The third-order valence-corrected chi connectivity index (χ3v) is 6.27. The van der Waals surface area contributed by atoms with Crippen molar-refractivity contribution in [3.63, 3.8) is 0 Å². The summed E-state index contributed by atoms with van der Waals surface area (Å²) in [6.07, 6.45) is 1.58. The predicted molar refractivity (Wildman–Crippen MR) is 135 cm³/mol. The highest BCUT2D eigenvalue weighted by Crippen LogP contribution is 2.20. The van der Waals surface area contributed by atoms with Crippen LogP contribution in [-0.4, -0.2) is 72.3 Å². The van der Waals surface area contributed by atoms with Gasteiger partial charge in [0.1, 0.15) is 7.63 Å². The Balaban J connectivity index is 2.58. The number of nitrogens with one attached hydrogen (secondary N) is 3. The summed E-state index contributed by atoms with van der Waals surface area (Å²) < 4.78 is 6.96. The number of amides is 6. The number of urea groups is 1. The second-order valence-corrected chi connectivity index (χ2v) is 9.75. The highest BCUT2D eigenvalue weighted by atomic mass is 16.2. The van der Waals surface area contributed by atoms with Crippen molar-refractivity contribution in [1.29, 1.82) is 0 Å². The second kappa shape index (κ2) is 16.4. The normalized spacial score (nSPS) is 17.2. The van der Waals surface area contributed by atoms with E-state index in [1.807, 2.05) is 0 Å². The molecule has 1 unspecified atom stereocenters. The highest BCUT2D eigenvalue weighted by molar-refractivity contribution is 6.03. The van der Waals surface area contributed by atoms with E-state index in [0.29, 0.717) is 32.2 Å². The smallest absolute Gasteiger partial charge is 0.312 e. The van der Waals surface area contributed by atoms with E-state index in [9.17, 15) is 33.6 Å². The molecule has 1 heterocycles. The standard InChI is InChI=1S/C25H41N5O7/c1-16(2)22(19(32)15-18(23(35)27-11-13-31)8-7-10-28-25(26)37)29-20(33)9-5-4-6-12-30-21(34)14-17(3)24(30)36/h13,16-18,22H,4-12,14-15H2,1-3H3,(H,27,35)(H,29,33)(H3,26,28,37)/t17?,18-,22+/m1/s1/i13D. The third-order valence-electron chi connectivity index (χ3n) is 6.27. The topological polar surface area (TPSA) is 185 Å². The molecule has 1 rings (SSSR count). The Morgan fingerprint density at radius 1 is 1.14 bits per heavy atom. The zero-order valence-electron chi connectivity index (χ0n) is 23.0.